The summed E-state index contributed by atoms with van der Waals surface area (Å²) in [6.07, 6.45) is -0.793. The van der Waals surface area contributed by atoms with Crippen LogP contribution >= 0.6 is 0 Å². The number of benzene rings is 1. The van der Waals surface area contributed by atoms with Gasteiger partial charge in [-0.1, -0.05) is 58.0 Å². The summed E-state index contributed by atoms with van der Waals surface area (Å²) in [5.74, 6) is -2.85. The number of pyridine rings is 1. The topological polar surface area (TPSA) is 134 Å². The van der Waals surface area contributed by atoms with E-state index in [0.717, 1.165) is 33.6 Å². The highest BCUT2D eigenvalue weighted by Gasteiger charge is 2.25. The van der Waals surface area contributed by atoms with Crippen molar-refractivity contribution in [2.24, 2.45) is 0 Å². The Kier molecular flexibility index (Phi) is 13.4. The zero-order valence-corrected chi connectivity index (χ0v) is 25.4. The maximum absolute atomic E-state index is 12.8. The van der Waals surface area contributed by atoms with Gasteiger partial charge in [-0.25, -0.2) is 0 Å². The molecule has 0 fully saturated rings. The quantitative estimate of drug-likeness (QED) is 0.187. The predicted molar refractivity (Wildman–Crippen MR) is 157 cm³/mol. The molecule has 0 amide bonds. The zero-order chi connectivity index (χ0) is 31.4. The maximum Gasteiger partial charge on any atom is 0.313 e. The second-order valence-corrected chi connectivity index (χ2v) is 10.9. The number of aromatic nitrogens is 1. The van der Waals surface area contributed by atoms with Crippen molar-refractivity contribution >= 4 is 35.1 Å². The van der Waals surface area contributed by atoms with E-state index in [1.165, 1.54) is 14.2 Å². The number of hydrogen-bond acceptors (Lipinski definition) is 9. The van der Waals surface area contributed by atoms with Crippen LogP contribution in [0, 0.1) is 0 Å². The molecule has 1 aromatic heterocycles. The molecule has 0 aliphatic carbocycles. The second-order valence-electron chi connectivity index (χ2n) is 10.9. The standard InChI is InChI=1S/C33H41NO8/c1-20(2)32-27(14-12-23(35)16-25(37)18-29(39)41-5)31(22-10-8-7-9-11-22)28(33(34-32)21(3)4)15-13-24(36)17-26(38)19-30(40)42-6/h7-11,20-21H,12-19H2,1-6H3. The molecule has 0 aliphatic rings. The van der Waals surface area contributed by atoms with Crippen LogP contribution < -0.4 is 0 Å². The normalized spacial score (nSPS) is 11.0. The molecule has 0 aliphatic heterocycles. The summed E-state index contributed by atoms with van der Waals surface area (Å²) in [6.45, 7) is 8.12. The van der Waals surface area contributed by atoms with E-state index in [0.29, 0.717) is 12.8 Å². The summed E-state index contributed by atoms with van der Waals surface area (Å²) in [7, 11) is 2.38. The Morgan fingerprint density at radius 3 is 1.38 bits per heavy atom. The van der Waals surface area contributed by atoms with Gasteiger partial charge in [0.15, 0.2) is 11.6 Å². The summed E-state index contributed by atoms with van der Waals surface area (Å²) in [4.78, 5) is 77.8. The Morgan fingerprint density at radius 2 is 1.02 bits per heavy atom. The molecule has 2 aromatic rings. The smallest absolute Gasteiger partial charge is 0.313 e. The van der Waals surface area contributed by atoms with Gasteiger partial charge in [0.25, 0.3) is 0 Å². The molecule has 42 heavy (non-hydrogen) atoms. The van der Waals surface area contributed by atoms with E-state index in [2.05, 4.69) is 9.47 Å². The van der Waals surface area contributed by atoms with Gasteiger partial charge in [-0.3, -0.25) is 33.8 Å². The molecule has 9 nitrogen and oxygen atoms in total. The number of ether oxygens (including phenoxy) is 2. The van der Waals surface area contributed by atoms with E-state index in [1.54, 1.807) is 0 Å². The minimum absolute atomic E-state index is 0.0302. The molecular formula is C33H41NO8. The zero-order valence-electron chi connectivity index (χ0n) is 25.4. The van der Waals surface area contributed by atoms with E-state index < -0.39 is 36.3 Å². The molecule has 0 bridgehead atoms. The van der Waals surface area contributed by atoms with Crippen LogP contribution in [0.3, 0.4) is 0 Å². The van der Waals surface area contributed by atoms with Crippen LogP contribution in [0.1, 0.15) is 101 Å². The maximum atomic E-state index is 12.8. The summed E-state index contributed by atoms with van der Waals surface area (Å²) < 4.78 is 9.04. The van der Waals surface area contributed by atoms with E-state index in [1.807, 2.05) is 58.0 Å². The molecule has 0 saturated carbocycles. The van der Waals surface area contributed by atoms with E-state index in [-0.39, 0.29) is 49.1 Å². The van der Waals surface area contributed by atoms with Gasteiger partial charge in [0, 0.05) is 24.2 Å². The number of nitrogens with zero attached hydrogens (tertiary/aromatic N) is 1. The second kappa shape index (κ2) is 16.4. The first-order chi connectivity index (χ1) is 19.9. The number of carbonyl (C=O) groups excluding carboxylic acids is 6. The largest absolute Gasteiger partial charge is 0.469 e. The highest BCUT2D eigenvalue weighted by molar-refractivity contribution is 6.06. The molecule has 0 saturated heterocycles. The van der Waals surface area contributed by atoms with Gasteiger partial charge in [0.2, 0.25) is 0 Å². The van der Waals surface area contributed by atoms with Gasteiger partial charge in [-0.05, 0) is 46.9 Å². The van der Waals surface area contributed by atoms with Crippen LogP contribution in [0.2, 0.25) is 0 Å². The number of methoxy groups -OCH3 is 2. The average Bonchev–Trinajstić information content (AvgIpc) is 2.94. The Labute approximate surface area is 247 Å². The minimum Gasteiger partial charge on any atom is -0.469 e. The SMILES string of the molecule is COC(=O)CC(=O)CC(=O)CCc1c(C(C)C)nc(C(C)C)c(CCC(=O)CC(=O)CC(=O)OC)c1-c1ccccc1. The molecule has 0 atom stereocenters. The number of esters is 2. The third-order valence-electron chi connectivity index (χ3n) is 6.85. The van der Waals surface area contributed by atoms with Crippen molar-refractivity contribution in [1.29, 1.82) is 0 Å². The van der Waals surface area contributed by atoms with Crippen molar-refractivity contribution in [1.82, 2.24) is 4.98 Å². The number of carbonyl (C=O) groups is 6. The van der Waals surface area contributed by atoms with Crippen molar-refractivity contribution in [2.75, 3.05) is 14.2 Å². The summed E-state index contributed by atoms with van der Waals surface area (Å²) in [5, 5.41) is 0. The highest BCUT2D eigenvalue weighted by Crippen LogP contribution is 2.38. The summed E-state index contributed by atoms with van der Waals surface area (Å²) >= 11 is 0. The number of ketones is 4. The lowest BCUT2D eigenvalue weighted by Crippen LogP contribution is -2.17. The minimum atomic E-state index is -0.680. The van der Waals surface area contributed by atoms with Crippen LogP contribution in [0.4, 0.5) is 0 Å². The molecule has 0 radical (unpaired) electrons. The summed E-state index contributed by atoms with van der Waals surface area (Å²) in [6, 6.07) is 9.69. The lowest BCUT2D eigenvalue weighted by molar-refractivity contribution is -0.145. The average molecular weight is 580 g/mol. The molecular weight excluding hydrogens is 538 g/mol. The lowest BCUT2D eigenvalue weighted by atomic mass is 9.83. The van der Waals surface area contributed by atoms with Gasteiger partial charge in [0.05, 0.1) is 27.1 Å². The fraction of sp³-hybridized carbons (Fsp3) is 0.485. The van der Waals surface area contributed by atoms with Crippen LogP contribution in [0.5, 0.6) is 0 Å². The Bertz CT molecular complexity index is 1230. The Balaban J connectivity index is 2.50. The molecule has 1 aromatic carbocycles. The van der Waals surface area contributed by atoms with Crippen molar-refractivity contribution in [3.8, 4) is 11.1 Å². The molecule has 226 valence electrons. The van der Waals surface area contributed by atoms with Gasteiger partial charge in [0.1, 0.15) is 24.4 Å². The highest BCUT2D eigenvalue weighted by atomic mass is 16.5. The van der Waals surface area contributed by atoms with Gasteiger partial charge in [-0.2, -0.15) is 0 Å². The third-order valence-corrected chi connectivity index (χ3v) is 6.85. The third kappa shape index (κ3) is 10.1. The van der Waals surface area contributed by atoms with Gasteiger partial charge >= 0.3 is 11.9 Å². The fourth-order valence-corrected chi connectivity index (χ4v) is 4.85. The van der Waals surface area contributed by atoms with Crippen LogP contribution in [0.25, 0.3) is 11.1 Å². The molecule has 9 heteroatoms. The Morgan fingerprint density at radius 1 is 0.619 bits per heavy atom. The number of hydrogen-bond donors (Lipinski definition) is 0. The first-order valence-corrected chi connectivity index (χ1v) is 14.2. The first kappa shape index (κ1) is 34.2. The first-order valence-electron chi connectivity index (χ1n) is 14.2. The van der Waals surface area contributed by atoms with E-state index >= 15 is 0 Å². The number of Topliss-reactive ketones (excluding diaryl/α,β-unsaturated/α-hetero) is 4. The monoisotopic (exact) mass is 579 g/mol. The lowest BCUT2D eigenvalue weighted by Gasteiger charge is -2.25. The van der Waals surface area contributed by atoms with Crippen molar-refractivity contribution < 1.29 is 38.2 Å². The van der Waals surface area contributed by atoms with Gasteiger partial charge < -0.3 is 9.47 Å². The van der Waals surface area contributed by atoms with E-state index in [9.17, 15) is 28.8 Å². The van der Waals surface area contributed by atoms with Crippen LogP contribution in [-0.2, 0) is 51.1 Å². The van der Waals surface area contributed by atoms with Crippen molar-refractivity contribution in [3.63, 3.8) is 0 Å². The van der Waals surface area contributed by atoms with Crippen molar-refractivity contribution in [3.05, 3.63) is 52.8 Å². The molecule has 2 rings (SSSR count). The van der Waals surface area contributed by atoms with Crippen molar-refractivity contribution in [2.45, 2.75) is 90.9 Å². The molecule has 0 spiro atoms. The molecule has 0 N–H and O–H groups in total. The van der Waals surface area contributed by atoms with Gasteiger partial charge in [-0.15, -0.1) is 0 Å². The predicted octanol–water partition coefficient (Wildman–Crippen LogP) is 5.04. The van der Waals surface area contributed by atoms with E-state index in [4.69, 9.17) is 4.98 Å². The fourth-order valence-electron chi connectivity index (χ4n) is 4.85. The number of rotatable bonds is 17. The molecule has 0 unspecified atom stereocenters. The molecule has 1 heterocycles. The van der Waals surface area contributed by atoms with Crippen LogP contribution in [0.15, 0.2) is 30.3 Å². The van der Waals surface area contributed by atoms with Crippen LogP contribution in [-0.4, -0.2) is 54.3 Å². The summed E-state index contributed by atoms with van der Waals surface area (Å²) in [5.41, 5.74) is 5.25. The Hall–Kier alpha value is -4.01.